The third-order valence-electron chi connectivity index (χ3n) is 3.88. The molecule has 9 heteroatoms. The van der Waals surface area contributed by atoms with E-state index in [0.717, 1.165) is 12.3 Å². The lowest BCUT2D eigenvalue weighted by molar-refractivity contribution is 0.0930. The second-order valence-electron chi connectivity index (χ2n) is 5.84. The summed E-state index contributed by atoms with van der Waals surface area (Å²) in [6.45, 7) is -0.201. The molecule has 0 fully saturated rings. The maximum atomic E-state index is 14.1. The number of amides is 3. The molecule has 3 rings (SSSR count). The van der Waals surface area contributed by atoms with Crippen LogP contribution in [0.15, 0.2) is 59.2 Å². The molecule has 0 aliphatic carbocycles. The standard InChI is InChI=1S/C19H16F2N4O3/c20-12-6-7-13(14(21)8-12)15(9-23-19(22)27)24-17(26)16-10-28-18(25-16)11-4-2-1-3-5-11/h1-8,10,15H,9H2,(H,24,26)(H3,22,23,27). The van der Waals surface area contributed by atoms with E-state index in [1.165, 1.54) is 6.07 Å². The van der Waals surface area contributed by atoms with Gasteiger partial charge < -0.3 is 20.8 Å². The van der Waals surface area contributed by atoms with Crippen LogP contribution in [0, 0.1) is 11.6 Å². The second kappa shape index (κ2) is 8.30. The van der Waals surface area contributed by atoms with Gasteiger partial charge in [0.05, 0.1) is 6.04 Å². The molecule has 3 aromatic rings. The lowest BCUT2D eigenvalue weighted by Gasteiger charge is -2.19. The van der Waals surface area contributed by atoms with Gasteiger partial charge in [0.25, 0.3) is 5.91 Å². The summed E-state index contributed by atoms with van der Waals surface area (Å²) < 4.78 is 32.6. The quantitative estimate of drug-likeness (QED) is 0.605. The number of oxazole rings is 1. The fourth-order valence-corrected chi connectivity index (χ4v) is 2.55. The molecule has 1 heterocycles. The monoisotopic (exact) mass is 386 g/mol. The molecular formula is C19H16F2N4O3. The third kappa shape index (κ3) is 4.50. The summed E-state index contributed by atoms with van der Waals surface area (Å²) in [6.07, 6.45) is 1.16. The Bertz CT molecular complexity index is 992. The van der Waals surface area contributed by atoms with Crippen LogP contribution in [-0.4, -0.2) is 23.5 Å². The highest BCUT2D eigenvalue weighted by Gasteiger charge is 2.22. The van der Waals surface area contributed by atoms with Gasteiger partial charge in [-0.2, -0.15) is 0 Å². The molecule has 0 saturated carbocycles. The summed E-state index contributed by atoms with van der Waals surface area (Å²) in [5.41, 5.74) is 5.67. The molecule has 0 bridgehead atoms. The van der Waals surface area contributed by atoms with E-state index in [1.54, 1.807) is 24.3 Å². The lowest BCUT2D eigenvalue weighted by Crippen LogP contribution is -2.40. The number of halogens is 2. The summed E-state index contributed by atoms with van der Waals surface area (Å²) in [7, 11) is 0. The van der Waals surface area contributed by atoms with Crippen LogP contribution in [0.25, 0.3) is 11.5 Å². The molecule has 3 amide bonds. The Labute approximate surface area is 158 Å². The minimum absolute atomic E-state index is 0.0183. The van der Waals surface area contributed by atoms with Crippen molar-refractivity contribution in [2.75, 3.05) is 6.54 Å². The Morgan fingerprint density at radius 3 is 2.57 bits per heavy atom. The molecule has 0 aliphatic heterocycles. The summed E-state index contributed by atoms with van der Waals surface area (Å²) in [6, 6.07) is 10.00. The molecule has 1 atom stereocenters. The predicted octanol–water partition coefficient (Wildman–Crippen LogP) is 2.76. The average Bonchev–Trinajstić information content (AvgIpc) is 3.16. The molecule has 28 heavy (non-hydrogen) atoms. The number of urea groups is 1. The van der Waals surface area contributed by atoms with Gasteiger partial charge >= 0.3 is 6.03 Å². The summed E-state index contributed by atoms with van der Waals surface area (Å²) in [5.74, 6) is -2.06. The first-order chi connectivity index (χ1) is 13.4. The maximum Gasteiger partial charge on any atom is 0.312 e. The van der Waals surface area contributed by atoms with Crippen molar-refractivity contribution < 1.29 is 22.8 Å². The second-order valence-corrected chi connectivity index (χ2v) is 5.84. The molecule has 4 N–H and O–H groups in total. The van der Waals surface area contributed by atoms with Crippen molar-refractivity contribution >= 4 is 11.9 Å². The third-order valence-corrected chi connectivity index (χ3v) is 3.88. The Hall–Kier alpha value is -3.75. The van der Waals surface area contributed by atoms with Crippen molar-refractivity contribution in [3.8, 4) is 11.5 Å². The van der Waals surface area contributed by atoms with Crippen LogP contribution >= 0.6 is 0 Å². The van der Waals surface area contributed by atoms with Crippen molar-refractivity contribution in [3.05, 3.63) is 77.7 Å². The van der Waals surface area contributed by atoms with E-state index < -0.39 is 29.6 Å². The predicted molar refractivity (Wildman–Crippen MR) is 96.1 cm³/mol. The van der Waals surface area contributed by atoms with E-state index in [4.69, 9.17) is 10.2 Å². The van der Waals surface area contributed by atoms with Crippen LogP contribution in [-0.2, 0) is 0 Å². The zero-order chi connectivity index (χ0) is 20.1. The van der Waals surface area contributed by atoms with E-state index >= 15 is 0 Å². The SMILES string of the molecule is NC(=O)NCC(NC(=O)c1coc(-c2ccccc2)n1)c1ccc(F)cc1F. The van der Waals surface area contributed by atoms with Crippen molar-refractivity contribution in [1.82, 2.24) is 15.6 Å². The maximum absolute atomic E-state index is 14.1. The average molecular weight is 386 g/mol. The van der Waals surface area contributed by atoms with E-state index in [-0.39, 0.29) is 23.7 Å². The number of primary amides is 1. The van der Waals surface area contributed by atoms with Crippen LogP contribution in [0.4, 0.5) is 13.6 Å². The number of carbonyl (C=O) groups excluding carboxylic acids is 2. The highest BCUT2D eigenvalue weighted by molar-refractivity contribution is 5.92. The molecule has 0 spiro atoms. The van der Waals surface area contributed by atoms with Gasteiger partial charge in [0.1, 0.15) is 17.9 Å². The number of benzene rings is 2. The highest BCUT2D eigenvalue weighted by atomic mass is 19.1. The number of rotatable bonds is 6. The number of hydrogen-bond donors (Lipinski definition) is 3. The Morgan fingerprint density at radius 1 is 1.14 bits per heavy atom. The Kier molecular flexibility index (Phi) is 5.64. The Morgan fingerprint density at radius 2 is 1.89 bits per heavy atom. The smallest absolute Gasteiger partial charge is 0.312 e. The van der Waals surface area contributed by atoms with Crippen LogP contribution < -0.4 is 16.4 Å². The molecule has 1 unspecified atom stereocenters. The number of nitrogens with two attached hydrogens (primary N) is 1. The van der Waals surface area contributed by atoms with Crippen molar-refractivity contribution in [3.63, 3.8) is 0 Å². The van der Waals surface area contributed by atoms with Gasteiger partial charge in [-0.3, -0.25) is 4.79 Å². The first-order valence-corrected chi connectivity index (χ1v) is 8.24. The minimum atomic E-state index is -1.00. The fourth-order valence-electron chi connectivity index (χ4n) is 2.55. The highest BCUT2D eigenvalue weighted by Crippen LogP contribution is 2.20. The van der Waals surface area contributed by atoms with Gasteiger partial charge in [-0.1, -0.05) is 24.3 Å². The fraction of sp³-hybridized carbons (Fsp3) is 0.105. The van der Waals surface area contributed by atoms with Crippen LogP contribution in [0.1, 0.15) is 22.1 Å². The number of nitrogens with zero attached hydrogens (tertiary/aromatic N) is 1. The van der Waals surface area contributed by atoms with E-state index in [0.29, 0.717) is 11.6 Å². The van der Waals surface area contributed by atoms with E-state index in [2.05, 4.69) is 15.6 Å². The number of carbonyl (C=O) groups is 2. The molecule has 2 aromatic carbocycles. The molecular weight excluding hydrogens is 370 g/mol. The first kappa shape index (κ1) is 19.0. The summed E-state index contributed by atoms with van der Waals surface area (Å²) >= 11 is 0. The number of hydrogen-bond acceptors (Lipinski definition) is 4. The van der Waals surface area contributed by atoms with E-state index in [1.807, 2.05) is 6.07 Å². The van der Waals surface area contributed by atoms with Gasteiger partial charge in [-0.25, -0.2) is 18.6 Å². The van der Waals surface area contributed by atoms with Crippen LogP contribution in [0.5, 0.6) is 0 Å². The zero-order valence-corrected chi connectivity index (χ0v) is 14.5. The largest absolute Gasteiger partial charge is 0.444 e. The molecule has 144 valence electrons. The molecule has 0 saturated heterocycles. The van der Waals surface area contributed by atoms with E-state index in [9.17, 15) is 18.4 Å². The van der Waals surface area contributed by atoms with Gasteiger partial charge in [0.15, 0.2) is 5.69 Å². The van der Waals surface area contributed by atoms with Gasteiger partial charge in [0.2, 0.25) is 5.89 Å². The zero-order valence-electron chi connectivity index (χ0n) is 14.5. The molecule has 7 nitrogen and oxygen atoms in total. The van der Waals surface area contributed by atoms with Gasteiger partial charge in [-0.15, -0.1) is 0 Å². The number of aromatic nitrogens is 1. The van der Waals surface area contributed by atoms with Crippen LogP contribution in [0.3, 0.4) is 0 Å². The normalized spacial score (nSPS) is 11.6. The number of nitrogens with one attached hydrogen (secondary N) is 2. The van der Waals surface area contributed by atoms with Crippen molar-refractivity contribution in [2.24, 2.45) is 5.73 Å². The topological polar surface area (TPSA) is 110 Å². The van der Waals surface area contributed by atoms with Crippen molar-refractivity contribution in [1.29, 1.82) is 0 Å². The first-order valence-electron chi connectivity index (χ1n) is 8.24. The lowest BCUT2D eigenvalue weighted by atomic mass is 10.1. The van der Waals surface area contributed by atoms with Gasteiger partial charge in [0, 0.05) is 23.7 Å². The minimum Gasteiger partial charge on any atom is -0.444 e. The van der Waals surface area contributed by atoms with Crippen molar-refractivity contribution in [2.45, 2.75) is 6.04 Å². The summed E-state index contributed by atoms with van der Waals surface area (Å²) in [4.78, 5) is 27.6. The van der Waals surface area contributed by atoms with Crippen LogP contribution in [0.2, 0.25) is 0 Å². The molecule has 1 aromatic heterocycles. The summed E-state index contributed by atoms with van der Waals surface area (Å²) in [5, 5.41) is 4.83. The molecule has 0 radical (unpaired) electrons. The molecule has 0 aliphatic rings. The Balaban J connectivity index is 1.81. The van der Waals surface area contributed by atoms with Gasteiger partial charge in [-0.05, 0) is 18.2 Å².